The fourth-order valence-electron chi connectivity index (χ4n) is 3.82. The van der Waals surface area contributed by atoms with E-state index < -0.39 is 0 Å². The van der Waals surface area contributed by atoms with Gasteiger partial charge >= 0.3 is 5.97 Å². The lowest BCUT2D eigenvalue weighted by molar-refractivity contribution is -0.139. The number of epoxide rings is 1. The average molecular weight is 316 g/mol. The van der Waals surface area contributed by atoms with Crippen LogP contribution in [0.2, 0.25) is 0 Å². The number of carbonyl (C=O) groups is 1. The summed E-state index contributed by atoms with van der Waals surface area (Å²) in [5, 5.41) is 0. The maximum atomic E-state index is 11.9. The summed E-state index contributed by atoms with van der Waals surface area (Å²) in [5.74, 6) is -0.131. The molecular weight excluding hydrogens is 288 g/mol. The fourth-order valence-corrected chi connectivity index (χ4v) is 3.82. The topological polar surface area (TPSA) is 38.8 Å². The van der Waals surface area contributed by atoms with Crippen LogP contribution in [0, 0.1) is 5.92 Å². The van der Waals surface area contributed by atoms with Gasteiger partial charge in [-0.3, -0.25) is 0 Å². The van der Waals surface area contributed by atoms with Crippen LogP contribution in [0.5, 0.6) is 0 Å². The van der Waals surface area contributed by atoms with E-state index in [2.05, 4.69) is 39.5 Å². The number of hydrogen-bond donors (Lipinski definition) is 0. The van der Waals surface area contributed by atoms with Crippen LogP contribution < -0.4 is 0 Å². The molecule has 3 aliphatic rings. The Balaban J connectivity index is 1.79. The van der Waals surface area contributed by atoms with Gasteiger partial charge in [-0.2, -0.15) is 0 Å². The van der Waals surface area contributed by atoms with Crippen LogP contribution in [-0.4, -0.2) is 23.8 Å². The molecule has 3 rings (SSSR count). The zero-order valence-electron chi connectivity index (χ0n) is 14.6. The van der Waals surface area contributed by atoms with Crippen molar-refractivity contribution < 1.29 is 14.3 Å². The quantitative estimate of drug-likeness (QED) is 0.286. The Morgan fingerprint density at radius 3 is 2.74 bits per heavy atom. The van der Waals surface area contributed by atoms with E-state index in [0.717, 1.165) is 38.5 Å². The Morgan fingerprint density at radius 2 is 1.96 bits per heavy atom. The van der Waals surface area contributed by atoms with Gasteiger partial charge in [0.05, 0.1) is 11.7 Å². The molecule has 3 nitrogen and oxygen atoms in total. The van der Waals surface area contributed by atoms with Crippen LogP contribution in [0.3, 0.4) is 0 Å². The van der Waals surface area contributed by atoms with E-state index in [1.807, 2.05) is 0 Å². The second-order valence-electron chi connectivity index (χ2n) is 7.61. The second-order valence-corrected chi connectivity index (χ2v) is 7.61. The molecule has 126 valence electrons. The van der Waals surface area contributed by atoms with Gasteiger partial charge in [-0.05, 0) is 52.9 Å². The van der Waals surface area contributed by atoms with Gasteiger partial charge in [-0.15, -0.1) is 0 Å². The molecule has 0 aromatic heterocycles. The smallest absolute Gasteiger partial charge is 0.334 e. The van der Waals surface area contributed by atoms with Crippen molar-refractivity contribution >= 4 is 5.97 Å². The molecule has 2 heterocycles. The Bertz CT molecular complexity index is 571. The summed E-state index contributed by atoms with van der Waals surface area (Å²) in [5.41, 5.74) is 3.31. The average Bonchev–Trinajstić information content (AvgIpc) is 3.05. The summed E-state index contributed by atoms with van der Waals surface area (Å²) in [6, 6.07) is 0. The number of rotatable bonds is 0. The lowest BCUT2D eigenvalue weighted by atomic mass is 9.85. The largest absolute Gasteiger partial charge is 0.458 e. The summed E-state index contributed by atoms with van der Waals surface area (Å²) in [4.78, 5) is 11.9. The Labute approximate surface area is 139 Å². The number of hydrogen-bond acceptors (Lipinski definition) is 3. The van der Waals surface area contributed by atoms with Crippen molar-refractivity contribution in [2.75, 3.05) is 0 Å². The van der Waals surface area contributed by atoms with Crippen LogP contribution in [-0.2, 0) is 14.3 Å². The summed E-state index contributed by atoms with van der Waals surface area (Å²) in [7, 11) is 0. The third-order valence-electron chi connectivity index (χ3n) is 5.61. The summed E-state index contributed by atoms with van der Waals surface area (Å²) in [6.45, 7) is 10.5. The molecule has 23 heavy (non-hydrogen) atoms. The predicted molar refractivity (Wildman–Crippen MR) is 91.0 cm³/mol. The zero-order chi connectivity index (χ0) is 16.6. The van der Waals surface area contributed by atoms with Gasteiger partial charge < -0.3 is 9.47 Å². The summed E-state index contributed by atoms with van der Waals surface area (Å²) in [6.07, 6.45) is 10.7. The van der Waals surface area contributed by atoms with Crippen molar-refractivity contribution in [1.82, 2.24) is 0 Å². The molecule has 1 aliphatic carbocycles. The molecule has 0 saturated carbocycles. The van der Waals surface area contributed by atoms with Gasteiger partial charge in [-0.25, -0.2) is 4.79 Å². The van der Waals surface area contributed by atoms with E-state index in [1.54, 1.807) is 0 Å². The molecule has 0 spiro atoms. The normalized spacial score (nSPS) is 38.7. The molecule has 0 radical (unpaired) electrons. The first kappa shape index (κ1) is 16.5. The van der Waals surface area contributed by atoms with E-state index in [1.165, 1.54) is 11.1 Å². The first-order chi connectivity index (χ1) is 10.9. The minimum absolute atomic E-state index is 0.0892. The number of fused-ring (bicyclic) bond motifs is 2. The Morgan fingerprint density at radius 1 is 1.22 bits per heavy atom. The molecule has 0 N–H and O–H groups in total. The first-order valence-electron chi connectivity index (χ1n) is 8.78. The van der Waals surface area contributed by atoms with Crippen molar-refractivity contribution in [1.29, 1.82) is 0 Å². The lowest BCUT2D eigenvalue weighted by Gasteiger charge is -2.19. The zero-order valence-corrected chi connectivity index (χ0v) is 14.6. The van der Waals surface area contributed by atoms with Gasteiger partial charge in [0.15, 0.2) is 0 Å². The molecule has 4 atom stereocenters. The molecule has 3 heteroatoms. The van der Waals surface area contributed by atoms with Gasteiger partial charge in [0.2, 0.25) is 0 Å². The third kappa shape index (κ3) is 3.60. The number of esters is 1. The standard InChI is InChI=1S/C20H28O3/c1-13-6-5-7-14(2)9-11-18-20(4,23-18)12-17-16(10-8-13)15(3)19(21)22-17/h7-8,16-18H,3,5-6,9-12H2,1-2,4H3. The first-order valence-corrected chi connectivity index (χ1v) is 8.78. The maximum absolute atomic E-state index is 11.9. The highest BCUT2D eigenvalue weighted by atomic mass is 16.6. The lowest BCUT2D eigenvalue weighted by Crippen LogP contribution is -2.25. The molecule has 2 fully saturated rings. The SMILES string of the molecule is C=C1C(=O)OC2CC3(C)OC3CCC(C)=CCCC(C)=CCC12. The maximum Gasteiger partial charge on any atom is 0.334 e. The minimum atomic E-state index is -0.228. The van der Waals surface area contributed by atoms with E-state index in [4.69, 9.17) is 9.47 Å². The third-order valence-corrected chi connectivity index (χ3v) is 5.61. The van der Waals surface area contributed by atoms with Crippen molar-refractivity contribution in [2.24, 2.45) is 5.92 Å². The van der Waals surface area contributed by atoms with E-state index in [-0.39, 0.29) is 23.6 Å². The summed E-state index contributed by atoms with van der Waals surface area (Å²) >= 11 is 0. The molecule has 2 aliphatic heterocycles. The highest BCUT2D eigenvalue weighted by Gasteiger charge is 2.55. The van der Waals surface area contributed by atoms with Crippen LogP contribution >= 0.6 is 0 Å². The van der Waals surface area contributed by atoms with E-state index >= 15 is 0 Å². The van der Waals surface area contributed by atoms with Crippen molar-refractivity contribution in [3.05, 3.63) is 35.5 Å². The number of allylic oxidation sites excluding steroid dienone is 4. The van der Waals surface area contributed by atoms with E-state index in [9.17, 15) is 4.79 Å². The highest BCUT2D eigenvalue weighted by Crippen LogP contribution is 2.47. The van der Waals surface area contributed by atoms with Gasteiger partial charge in [0, 0.05) is 17.9 Å². The van der Waals surface area contributed by atoms with Gasteiger partial charge in [-0.1, -0.05) is 29.9 Å². The predicted octanol–water partition coefficient (Wildman–Crippen LogP) is 4.49. The van der Waals surface area contributed by atoms with Crippen LogP contribution in [0.25, 0.3) is 0 Å². The van der Waals surface area contributed by atoms with Gasteiger partial charge in [0.1, 0.15) is 6.10 Å². The Kier molecular flexibility index (Phi) is 4.50. The van der Waals surface area contributed by atoms with Crippen molar-refractivity contribution in [2.45, 2.75) is 77.1 Å². The molecule has 0 bridgehead atoms. The minimum Gasteiger partial charge on any atom is -0.458 e. The second kappa shape index (κ2) is 6.27. The van der Waals surface area contributed by atoms with Crippen LogP contribution in [0.15, 0.2) is 35.5 Å². The molecule has 2 saturated heterocycles. The van der Waals surface area contributed by atoms with Crippen molar-refractivity contribution in [3.63, 3.8) is 0 Å². The Hall–Kier alpha value is -1.35. The van der Waals surface area contributed by atoms with Gasteiger partial charge in [0.25, 0.3) is 0 Å². The molecular formula is C20H28O3. The molecule has 0 aromatic rings. The van der Waals surface area contributed by atoms with Crippen LogP contribution in [0.1, 0.15) is 59.3 Å². The molecule has 0 aromatic carbocycles. The number of ether oxygens (including phenoxy) is 2. The van der Waals surface area contributed by atoms with Crippen LogP contribution in [0.4, 0.5) is 0 Å². The highest BCUT2D eigenvalue weighted by molar-refractivity contribution is 5.90. The molecule has 4 unspecified atom stereocenters. The molecule has 0 amide bonds. The van der Waals surface area contributed by atoms with Crippen molar-refractivity contribution in [3.8, 4) is 0 Å². The fraction of sp³-hybridized carbons (Fsp3) is 0.650. The monoisotopic (exact) mass is 316 g/mol. The summed E-state index contributed by atoms with van der Waals surface area (Å²) < 4.78 is 11.6. The van der Waals surface area contributed by atoms with E-state index in [0.29, 0.717) is 11.7 Å². The number of carbonyl (C=O) groups excluding carboxylic acids is 1.